The first kappa shape index (κ1) is 20.5. The van der Waals surface area contributed by atoms with Gasteiger partial charge in [0, 0.05) is 42.3 Å². The van der Waals surface area contributed by atoms with Crippen molar-refractivity contribution in [2.24, 2.45) is 11.8 Å². The first-order valence-electron chi connectivity index (χ1n) is 9.70. The summed E-state index contributed by atoms with van der Waals surface area (Å²) in [5, 5.41) is 7.89. The first-order chi connectivity index (χ1) is 14.9. The third kappa shape index (κ3) is 3.63. The van der Waals surface area contributed by atoms with E-state index in [0.29, 0.717) is 18.8 Å². The molecule has 1 aliphatic heterocycles. The van der Waals surface area contributed by atoms with Gasteiger partial charge in [-0.25, -0.2) is 13.2 Å². The zero-order valence-electron chi connectivity index (χ0n) is 16.1. The minimum Gasteiger partial charge on any atom is -0.334 e. The van der Waals surface area contributed by atoms with Crippen molar-refractivity contribution in [2.75, 3.05) is 18.4 Å². The Kier molecular flexibility index (Phi) is 5.05. The molecule has 2 atom stereocenters. The molecule has 1 aliphatic carbocycles. The van der Waals surface area contributed by atoms with Crippen molar-refractivity contribution in [3.8, 4) is 0 Å². The number of hydrogen-bond donors (Lipinski definition) is 2. The number of halogens is 2. The van der Waals surface area contributed by atoms with Crippen LogP contribution in [-0.2, 0) is 10.0 Å². The number of sulfonamides is 1. The third-order valence-corrected chi connectivity index (χ3v) is 8.69. The third-order valence-electron chi connectivity index (χ3n) is 5.90. The predicted octanol–water partition coefficient (Wildman–Crippen LogP) is 3.98. The Labute approximate surface area is 189 Å². The lowest BCUT2D eigenvalue weighted by molar-refractivity contribution is 0.250. The molecule has 2 N–H and O–H groups in total. The maximum atomic E-state index is 13.0. The van der Waals surface area contributed by atoms with Crippen molar-refractivity contribution in [2.45, 2.75) is 10.9 Å². The van der Waals surface area contributed by atoms with Gasteiger partial charge in [-0.2, -0.15) is 4.31 Å². The number of amides is 2. The van der Waals surface area contributed by atoms with E-state index in [-0.39, 0.29) is 38.8 Å². The summed E-state index contributed by atoms with van der Waals surface area (Å²) in [4.78, 5) is 16.6. The molecule has 1 aromatic heterocycles. The lowest BCUT2D eigenvalue weighted by Gasteiger charge is -2.21. The quantitative estimate of drug-likeness (QED) is 0.595. The minimum atomic E-state index is -3.79. The van der Waals surface area contributed by atoms with Gasteiger partial charge in [0.05, 0.1) is 15.7 Å². The molecule has 0 bridgehead atoms. The smallest absolute Gasteiger partial charge is 0.319 e. The molecule has 7 nitrogen and oxygen atoms in total. The van der Waals surface area contributed by atoms with Crippen molar-refractivity contribution < 1.29 is 13.2 Å². The number of benzene rings is 2. The molecule has 3 aromatic rings. The van der Waals surface area contributed by atoms with Gasteiger partial charge in [0.25, 0.3) is 0 Å². The van der Waals surface area contributed by atoms with E-state index >= 15 is 0 Å². The Hall–Kier alpha value is -2.39. The summed E-state index contributed by atoms with van der Waals surface area (Å²) in [7, 11) is -3.79. The van der Waals surface area contributed by atoms with Gasteiger partial charge in [-0.15, -0.1) is 0 Å². The van der Waals surface area contributed by atoms with Crippen LogP contribution in [0, 0.1) is 11.8 Å². The van der Waals surface area contributed by atoms with E-state index < -0.39 is 10.0 Å². The highest BCUT2D eigenvalue weighted by Gasteiger charge is 2.59. The van der Waals surface area contributed by atoms with Crippen LogP contribution in [0.1, 0.15) is 0 Å². The molecule has 160 valence electrons. The maximum absolute atomic E-state index is 13.0. The van der Waals surface area contributed by atoms with E-state index in [1.54, 1.807) is 18.5 Å². The minimum absolute atomic E-state index is 0.0627. The molecule has 2 amide bonds. The molecular formula is C21H18Cl2N4O3S. The van der Waals surface area contributed by atoms with Crippen molar-refractivity contribution in [3.05, 3.63) is 64.9 Å². The van der Waals surface area contributed by atoms with Crippen LogP contribution in [-0.4, -0.2) is 42.9 Å². The SMILES string of the molecule is O=C(Nc1cccc2cnccc12)NC1C2CN(S(=O)(=O)c3c(Cl)cccc3Cl)CC21. The molecule has 1 saturated carbocycles. The van der Waals surface area contributed by atoms with Crippen LogP contribution in [0.5, 0.6) is 0 Å². The number of piperidine rings is 1. The fourth-order valence-electron chi connectivity index (χ4n) is 4.30. The number of pyridine rings is 1. The molecule has 31 heavy (non-hydrogen) atoms. The molecule has 10 heteroatoms. The highest BCUT2D eigenvalue weighted by atomic mass is 35.5. The zero-order chi connectivity index (χ0) is 21.8. The van der Waals surface area contributed by atoms with E-state index in [9.17, 15) is 13.2 Å². The van der Waals surface area contributed by atoms with Gasteiger partial charge in [0.1, 0.15) is 4.90 Å². The second-order valence-electron chi connectivity index (χ2n) is 7.73. The van der Waals surface area contributed by atoms with E-state index in [0.717, 1.165) is 10.8 Å². The summed E-state index contributed by atoms with van der Waals surface area (Å²) in [6.45, 7) is 0.638. The van der Waals surface area contributed by atoms with Crippen LogP contribution in [0.3, 0.4) is 0 Å². The van der Waals surface area contributed by atoms with E-state index in [2.05, 4.69) is 15.6 Å². The van der Waals surface area contributed by atoms with Crippen LogP contribution in [0.4, 0.5) is 10.5 Å². The number of rotatable bonds is 4. The highest BCUT2D eigenvalue weighted by Crippen LogP contribution is 2.48. The summed E-state index contributed by atoms with van der Waals surface area (Å²) in [6, 6.07) is 11.7. The topological polar surface area (TPSA) is 91.4 Å². The number of carbonyl (C=O) groups excluding carboxylic acids is 1. The van der Waals surface area contributed by atoms with Gasteiger partial charge in [-0.1, -0.05) is 41.4 Å². The number of aromatic nitrogens is 1. The summed E-state index contributed by atoms with van der Waals surface area (Å²) in [6.07, 6.45) is 3.42. The van der Waals surface area contributed by atoms with E-state index in [4.69, 9.17) is 23.2 Å². The average molecular weight is 477 g/mol. The normalized spacial score (nSPS) is 22.8. The van der Waals surface area contributed by atoms with Gasteiger partial charge in [0.2, 0.25) is 10.0 Å². The van der Waals surface area contributed by atoms with E-state index in [1.807, 2.05) is 24.3 Å². The van der Waals surface area contributed by atoms with Crippen LogP contribution in [0.2, 0.25) is 10.0 Å². The number of hydrogen-bond acceptors (Lipinski definition) is 4. The van der Waals surface area contributed by atoms with Gasteiger partial charge < -0.3 is 10.6 Å². The number of fused-ring (bicyclic) bond motifs is 2. The van der Waals surface area contributed by atoms with Crippen LogP contribution in [0.25, 0.3) is 10.8 Å². The fraction of sp³-hybridized carbons (Fsp3) is 0.238. The Morgan fingerprint density at radius 1 is 1.03 bits per heavy atom. The Morgan fingerprint density at radius 3 is 2.42 bits per heavy atom. The molecule has 2 unspecified atom stereocenters. The molecule has 0 spiro atoms. The molecule has 2 fully saturated rings. The summed E-state index contributed by atoms with van der Waals surface area (Å²) < 4.78 is 27.4. The number of anilines is 1. The highest BCUT2D eigenvalue weighted by molar-refractivity contribution is 7.89. The van der Waals surface area contributed by atoms with E-state index in [1.165, 1.54) is 16.4 Å². The molecule has 2 aliphatic rings. The zero-order valence-corrected chi connectivity index (χ0v) is 18.5. The number of nitrogens with zero attached hydrogens (tertiary/aromatic N) is 2. The number of nitrogens with one attached hydrogen (secondary N) is 2. The van der Waals surface area contributed by atoms with Crippen molar-refractivity contribution >= 4 is 55.7 Å². The van der Waals surface area contributed by atoms with Crippen molar-refractivity contribution in [1.82, 2.24) is 14.6 Å². The van der Waals surface area contributed by atoms with Gasteiger partial charge >= 0.3 is 6.03 Å². The largest absolute Gasteiger partial charge is 0.334 e. The lowest BCUT2D eigenvalue weighted by Crippen LogP contribution is -2.39. The molecule has 1 saturated heterocycles. The number of urea groups is 1. The molecular weight excluding hydrogens is 459 g/mol. The summed E-state index contributed by atoms with van der Waals surface area (Å²) >= 11 is 12.2. The molecule has 2 heterocycles. The van der Waals surface area contributed by atoms with Gasteiger partial charge in [-0.05, 0) is 36.1 Å². The summed E-state index contributed by atoms with van der Waals surface area (Å²) in [5.74, 6) is 0.136. The first-order valence-corrected chi connectivity index (χ1v) is 11.9. The number of carbonyl (C=O) groups is 1. The van der Waals surface area contributed by atoms with Crippen LogP contribution < -0.4 is 10.6 Å². The standard InChI is InChI=1S/C21H18Cl2N4O3S/c22-16-4-2-5-17(23)20(16)31(29,30)27-10-14-15(11-27)19(14)26-21(28)25-18-6-1-3-12-9-24-8-7-13(12)18/h1-9,14-15,19H,10-11H2,(H2,25,26,28). The molecule has 5 rings (SSSR count). The fourth-order valence-corrected chi connectivity index (χ4v) is 6.90. The van der Waals surface area contributed by atoms with Crippen LogP contribution in [0.15, 0.2) is 59.8 Å². The lowest BCUT2D eigenvalue weighted by atomic mass is 10.1. The second kappa shape index (κ2) is 7.63. The molecule has 2 aromatic carbocycles. The monoisotopic (exact) mass is 476 g/mol. The van der Waals surface area contributed by atoms with Gasteiger partial charge in [0.15, 0.2) is 0 Å². The molecule has 0 radical (unpaired) electrons. The summed E-state index contributed by atoms with van der Waals surface area (Å²) in [5.41, 5.74) is 0.695. The second-order valence-corrected chi connectivity index (χ2v) is 10.4. The van der Waals surface area contributed by atoms with Gasteiger partial charge in [-0.3, -0.25) is 4.98 Å². The maximum Gasteiger partial charge on any atom is 0.319 e. The average Bonchev–Trinajstić information content (AvgIpc) is 3.16. The predicted molar refractivity (Wildman–Crippen MR) is 120 cm³/mol. The Bertz CT molecular complexity index is 1260. The van der Waals surface area contributed by atoms with Crippen molar-refractivity contribution in [1.29, 1.82) is 0 Å². The van der Waals surface area contributed by atoms with Crippen LogP contribution >= 0.6 is 23.2 Å². The Balaban J connectivity index is 1.23. The Morgan fingerprint density at radius 2 is 1.71 bits per heavy atom. The van der Waals surface area contributed by atoms with Crippen molar-refractivity contribution in [3.63, 3.8) is 0 Å².